The standard InChI is InChI=1S/C10H12INO2S/c11-9-3-1-2-4-10(9)12-8-5-6-15(13,14)7-8/h1-4,8,12H,5-7H2. The van der Waals surface area contributed by atoms with Crippen molar-refractivity contribution >= 4 is 38.1 Å². The van der Waals surface area contributed by atoms with E-state index < -0.39 is 9.84 Å². The van der Waals surface area contributed by atoms with Crippen LogP contribution in [0.5, 0.6) is 0 Å². The predicted molar refractivity (Wildman–Crippen MR) is 69.8 cm³/mol. The number of hydrogen-bond acceptors (Lipinski definition) is 3. The van der Waals surface area contributed by atoms with E-state index in [1.54, 1.807) is 0 Å². The Hall–Kier alpha value is -0.300. The monoisotopic (exact) mass is 337 g/mol. The molecule has 1 aromatic rings. The Bertz CT molecular complexity index is 458. The highest BCUT2D eigenvalue weighted by Gasteiger charge is 2.27. The van der Waals surface area contributed by atoms with Crippen molar-refractivity contribution in [1.29, 1.82) is 0 Å². The molecule has 0 spiro atoms. The van der Waals surface area contributed by atoms with Crippen molar-refractivity contribution in [3.05, 3.63) is 27.8 Å². The lowest BCUT2D eigenvalue weighted by atomic mass is 10.2. The van der Waals surface area contributed by atoms with Crippen LogP contribution in [0.3, 0.4) is 0 Å². The van der Waals surface area contributed by atoms with E-state index in [4.69, 9.17) is 0 Å². The number of sulfone groups is 1. The quantitative estimate of drug-likeness (QED) is 0.839. The lowest BCUT2D eigenvalue weighted by Gasteiger charge is -2.13. The topological polar surface area (TPSA) is 46.2 Å². The minimum Gasteiger partial charge on any atom is -0.380 e. The molecule has 0 radical (unpaired) electrons. The maximum Gasteiger partial charge on any atom is 0.152 e. The van der Waals surface area contributed by atoms with Crippen LogP contribution in [0.15, 0.2) is 24.3 Å². The van der Waals surface area contributed by atoms with E-state index in [2.05, 4.69) is 27.9 Å². The van der Waals surface area contributed by atoms with Gasteiger partial charge in [-0.3, -0.25) is 0 Å². The Morgan fingerprint density at radius 1 is 1.33 bits per heavy atom. The van der Waals surface area contributed by atoms with Crippen LogP contribution in [0.2, 0.25) is 0 Å². The molecule has 3 nitrogen and oxygen atoms in total. The molecule has 5 heteroatoms. The number of para-hydroxylation sites is 1. The number of benzene rings is 1. The molecular weight excluding hydrogens is 325 g/mol. The van der Waals surface area contributed by atoms with E-state index in [1.165, 1.54) is 0 Å². The van der Waals surface area contributed by atoms with Gasteiger partial charge in [0.05, 0.1) is 11.5 Å². The summed E-state index contributed by atoms with van der Waals surface area (Å²) in [6.07, 6.45) is 0.716. The molecule has 15 heavy (non-hydrogen) atoms. The van der Waals surface area contributed by atoms with Crippen LogP contribution in [0.25, 0.3) is 0 Å². The van der Waals surface area contributed by atoms with Gasteiger partial charge in [0.1, 0.15) is 0 Å². The molecule has 82 valence electrons. The molecular formula is C10H12INO2S. The van der Waals surface area contributed by atoms with Crippen LogP contribution in [0.1, 0.15) is 6.42 Å². The molecule has 0 aliphatic carbocycles. The normalized spacial score (nSPS) is 23.9. The molecule has 1 N–H and O–H groups in total. The molecule has 0 amide bonds. The molecule has 1 heterocycles. The summed E-state index contributed by atoms with van der Waals surface area (Å²) in [5, 5.41) is 3.28. The Labute approximate surface area is 103 Å². The number of anilines is 1. The van der Waals surface area contributed by atoms with E-state index in [0.29, 0.717) is 12.2 Å². The van der Waals surface area contributed by atoms with E-state index in [0.717, 1.165) is 9.26 Å². The summed E-state index contributed by atoms with van der Waals surface area (Å²) in [4.78, 5) is 0. The van der Waals surface area contributed by atoms with E-state index in [9.17, 15) is 8.42 Å². The zero-order valence-electron chi connectivity index (χ0n) is 8.11. The van der Waals surface area contributed by atoms with Gasteiger partial charge >= 0.3 is 0 Å². The van der Waals surface area contributed by atoms with Gasteiger partial charge in [0, 0.05) is 15.3 Å². The fraction of sp³-hybridized carbons (Fsp3) is 0.400. The minimum absolute atomic E-state index is 0.0749. The van der Waals surface area contributed by atoms with Gasteiger partial charge in [-0.2, -0.15) is 0 Å². The van der Waals surface area contributed by atoms with Gasteiger partial charge in [-0.05, 0) is 41.1 Å². The van der Waals surface area contributed by atoms with Crippen LogP contribution < -0.4 is 5.32 Å². The second-order valence-corrected chi connectivity index (χ2v) is 7.12. The molecule has 1 aliphatic rings. The summed E-state index contributed by atoms with van der Waals surface area (Å²) < 4.78 is 23.7. The molecule has 0 aromatic heterocycles. The van der Waals surface area contributed by atoms with E-state index in [1.807, 2.05) is 24.3 Å². The van der Waals surface area contributed by atoms with Gasteiger partial charge in [0.25, 0.3) is 0 Å². The van der Waals surface area contributed by atoms with Crippen LogP contribution in [0, 0.1) is 3.57 Å². The zero-order chi connectivity index (χ0) is 10.9. The van der Waals surface area contributed by atoms with Crippen molar-refractivity contribution in [2.24, 2.45) is 0 Å². The number of halogens is 1. The van der Waals surface area contributed by atoms with Gasteiger partial charge in [-0.15, -0.1) is 0 Å². The summed E-state index contributed by atoms with van der Waals surface area (Å²) in [5.41, 5.74) is 1.03. The smallest absolute Gasteiger partial charge is 0.152 e. The SMILES string of the molecule is O=S1(=O)CCC(Nc2ccccc2I)C1. The van der Waals surface area contributed by atoms with E-state index in [-0.39, 0.29) is 11.8 Å². The van der Waals surface area contributed by atoms with E-state index >= 15 is 0 Å². The second-order valence-electron chi connectivity index (χ2n) is 3.72. The lowest BCUT2D eigenvalue weighted by molar-refractivity contribution is 0.602. The van der Waals surface area contributed by atoms with Gasteiger partial charge < -0.3 is 5.32 Å². The molecule has 0 saturated carbocycles. The first kappa shape index (κ1) is 11.2. The summed E-state index contributed by atoms with van der Waals surface area (Å²) in [6.45, 7) is 0. The average Bonchev–Trinajstić information content (AvgIpc) is 2.50. The van der Waals surface area contributed by atoms with Crippen molar-refractivity contribution in [3.8, 4) is 0 Å². The predicted octanol–water partition coefficient (Wildman–Crippen LogP) is 1.89. The second kappa shape index (κ2) is 4.29. The van der Waals surface area contributed by atoms with Gasteiger partial charge in [-0.1, -0.05) is 12.1 Å². The fourth-order valence-electron chi connectivity index (χ4n) is 1.71. The molecule has 2 rings (SSSR count). The van der Waals surface area contributed by atoms with Crippen molar-refractivity contribution in [2.45, 2.75) is 12.5 Å². The van der Waals surface area contributed by atoms with Gasteiger partial charge in [0.15, 0.2) is 9.84 Å². The first-order valence-electron chi connectivity index (χ1n) is 4.78. The molecule has 1 aromatic carbocycles. The summed E-state index contributed by atoms with van der Waals surface area (Å²) >= 11 is 2.24. The third kappa shape index (κ3) is 2.84. The highest BCUT2D eigenvalue weighted by Crippen LogP contribution is 2.21. The minimum atomic E-state index is -2.79. The molecule has 1 fully saturated rings. The van der Waals surface area contributed by atoms with Gasteiger partial charge in [-0.25, -0.2) is 8.42 Å². The number of rotatable bonds is 2. The summed E-state index contributed by atoms with van der Waals surface area (Å²) in [5.74, 6) is 0.575. The number of hydrogen-bond donors (Lipinski definition) is 1. The first-order chi connectivity index (χ1) is 7.07. The summed E-state index contributed by atoms with van der Waals surface area (Å²) in [7, 11) is -2.79. The van der Waals surface area contributed by atoms with Crippen LogP contribution in [-0.2, 0) is 9.84 Å². The third-order valence-corrected chi connectivity index (χ3v) is 5.17. The number of nitrogens with one attached hydrogen (secondary N) is 1. The lowest BCUT2D eigenvalue weighted by Crippen LogP contribution is -2.20. The maximum absolute atomic E-state index is 11.3. The van der Waals surface area contributed by atoms with Gasteiger partial charge in [0.2, 0.25) is 0 Å². The Morgan fingerprint density at radius 2 is 2.07 bits per heavy atom. The van der Waals surface area contributed by atoms with Crippen LogP contribution in [0.4, 0.5) is 5.69 Å². The van der Waals surface area contributed by atoms with Crippen LogP contribution in [-0.4, -0.2) is 26.0 Å². The van der Waals surface area contributed by atoms with Crippen molar-refractivity contribution in [2.75, 3.05) is 16.8 Å². The highest BCUT2D eigenvalue weighted by atomic mass is 127. The van der Waals surface area contributed by atoms with Crippen molar-refractivity contribution < 1.29 is 8.42 Å². The Morgan fingerprint density at radius 3 is 2.67 bits per heavy atom. The van der Waals surface area contributed by atoms with Crippen LogP contribution >= 0.6 is 22.6 Å². The first-order valence-corrected chi connectivity index (χ1v) is 7.68. The van der Waals surface area contributed by atoms with Crippen molar-refractivity contribution in [1.82, 2.24) is 0 Å². The largest absolute Gasteiger partial charge is 0.380 e. The highest BCUT2D eigenvalue weighted by molar-refractivity contribution is 14.1. The Balaban J connectivity index is 2.08. The molecule has 1 unspecified atom stereocenters. The molecule has 1 atom stereocenters. The summed E-state index contributed by atoms with van der Waals surface area (Å²) in [6, 6.07) is 7.98. The molecule has 0 bridgehead atoms. The molecule has 1 aliphatic heterocycles. The van der Waals surface area contributed by atoms with Crippen molar-refractivity contribution in [3.63, 3.8) is 0 Å². The maximum atomic E-state index is 11.3. The average molecular weight is 337 g/mol. The zero-order valence-corrected chi connectivity index (χ0v) is 11.1. The molecule has 1 saturated heterocycles. The Kier molecular flexibility index (Phi) is 3.20. The third-order valence-electron chi connectivity index (χ3n) is 2.47. The fourth-order valence-corrected chi connectivity index (χ4v) is 3.92.